The van der Waals surface area contributed by atoms with Gasteiger partial charge in [0.2, 0.25) is 0 Å². The third-order valence-corrected chi connectivity index (χ3v) is 12.5. The molecule has 9 heteroatoms. The Morgan fingerprint density at radius 3 is 1.55 bits per heavy atom. The van der Waals surface area contributed by atoms with Crippen LogP contribution in [0.3, 0.4) is 0 Å². The van der Waals surface area contributed by atoms with E-state index in [1.807, 2.05) is 13.0 Å². The average molecular weight is 775 g/mol. The molecule has 0 unspecified atom stereocenters. The first kappa shape index (κ1) is 43.0. The largest absolute Gasteiger partial charge is 0.462 e. The first-order valence-corrected chi connectivity index (χ1v) is 21.8. The zero-order valence-corrected chi connectivity index (χ0v) is 33.9. The van der Waals surface area contributed by atoms with Gasteiger partial charge in [0.25, 0.3) is 0 Å². The zero-order valence-electron chi connectivity index (χ0n) is 32.3. The van der Waals surface area contributed by atoms with Gasteiger partial charge in [-0.05, 0) is 38.8 Å². The van der Waals surface area contributed by atoms with Gasteiger partial charge in [-0.15, -0.1) is 22.7 Å². The van der Waals surface area contributed by atoms with E-state index in [1.165, 1.54) is 94.5 Å². The van der Waals surface area contributed by atoms with Crippen LogP contribution in [0, 0.1) is 37.1 Å². The summed E-state index contributed by atoms with van der Waals surface area (Å²) in [5, 5.41) is 0.901. The molecule has 0 amide bonds. The van der Waals surface area contributed by atoms with E-state index in [9.17, 15) is 18.4 Å². The molecule has 2 heterocycles. The molecule has 0 atom stereocenters. The number of ether oxygens (including phenoxy) is 1. The van der Waals surface area contributed by atoms with Crippen LogP contribution < -0.4 is 0 Å². The van der Waals surface area contributed by atoms with Gasteiger partial charge in [-0.1, -0.05) is 129 Å². The van der Waals surface area contributed by atoms with Gasteiger partial charge in [0.05, 0.1) is 22.4 Å². The van der Waals surface area contributed by atoms with Crippen LogP contribution in [0.25, 0.3) is 30.6 Å². The Kier molecular flexibility index (Phi) is 17.8. The lowest BCUT2D eigenvalue weighted by atomic mass is 9.95. The van der Waals surface area contributed by atoms with Crippen molar-refractivity contribution in [3.8, 4) is 10.4 Å². The van der Waals surface area contributed by atoms with Crippen molar-refractivity contribution in [1.29, 1.82) is 0 Å². The zero-order chi connectivity index (χ0) is 38.3. The predicted octanol–water partition coefficient (Wildman–Crippen LogP) is 15.5. The highest BCUT2D eigenvalue weighted by Crippen LogP contribution is 2.46. The summed E-state index contributed by atoms with van der Waals surface area (Å²) in [7, 11) is 0. The van der Waals surface area contributed by atoms with E-state index in [1.54, 1.807) is 0 Å². The fourth-order valence-corrected chi connectivity index (χ4v) is 9.52. The number of rotatable bonds is 25. The number of hydrogen-bond donors (Lipinski definition) is 0. The Bertz CT molecular complexity index is 1780. The summed E-state index contributed by atoms with van der Waals surface area (Å²) in [6, 6.07) is 3.26. The number of hydrogen-bond acceptors (Lipinski definition) is 5. The quantitative estimate of drug-likeness (QED) is 0.0221. The molecule has 3 nitrogen and oxygen atoms in total. The molecular weight excluding hydrogens is 717 g/mol. The van der Waals surface area contributed by atoms with Gasteiger partial charge >= 0.3 is 5.97 Å². The van der Waals surface area contributed by atoms with Crippen LogP contribution in [0.5, 0.6) is 0 Å². The van der Waals surface area contributed by atoms with E-state index >= 15 is 8.78 Å². The standard InChI is InChI=1S/C44H58F4O3S2/c1-5-7-9-11-13-15-17-19-21-23-25-33(49)35-32-28-34(37-40(47)38(45)30(4)39(46)41(37)48)53-43(32)36(31-27-29(3)52-42(31)35)44(50)51-26-24-22-20-18-16-14-12-10-8-6-2/h27-28H,5-26H2,1-4H3. The number of benzene rings is 2. The molecule has 292 valence electrons. The maximum Gasteiger partial charge on any atom is 0.340 e. The number of esters is 1. The van der Waals surface area contributed by atoms with Gasteiger partial charge in [0.15, 0.2) is 29.1 Å². The van der Waals surface area contributed by atoms with Crippen LogP contribution in [-0.4, -0.2) is 18.4 Å². The maximum absolute atomic E-state index is 15.3. The van der Waals surface area contributed by atoms with Crippen molar-refractivity contribution in [3.05, 3.63) is 57.0 Å². The fraction of sp³-hybridized carbons (Fsp3) is 0.591. The number of fused-ring (bicyclic) bond motifs is 2. The number of ketones is 1. The van der Waals surface area contributed by atoms with Gasteiger partial charge in [0.1, 0.15) is 0 Å². The minimum Gasteiger partial charge on any atom is -0.462 e. The SMILES string of the molecule is CCCCCCCCCCCCOC(=O)c1c2cc(C)sc2c(C(=O)CCCCCCCCCCCC)c2cc(-c3c(F)c(F)c(C)c(F)c3F)sc12. The van der Waals surface area contributed by atoms with E-state index in [2.05, 4.69) is 13.8 Å². The Labute approximate surface area is 321 Å². The van der Waals surface area contributed by atoms with Crippen LogP contribution in [0.4, 0.5) is 17.6 Å². The maximum atomic E-state index is 15.3. The lowest BCUT2D eigenvalue weighted by Crippen LogP contribution is -2.09. The molecule has 0 aliphatic rings. The van der Waals surface area contributed by atoms with Crippen molar-refractivity contribution in [1.82, 2.24) is 0 Å². The number of thiophene rings is 2. The molecule has 0 saturated heterocycles. The highest BCUT2D eigenvalue weighted by atomic mass is 32.1. The summed E-state index contributed by atoms with van der Waals surface area (Å²) in [6.07, 6.45) is 22.9. The van der Waals surface area contributed by atoms with E-state index in [0.29, 0.717) is 38.6 Å². The summed E-state index contributed by atoms with van der Waals surface area (Å²) >= 11 is 2.24. The second kappa shape index (κ2) is 21.9. The lowest BCUT2D eigenvalue weighted by molar-refractivity contribution is 0.0502. The Hall–Kier alpha value is -2.78. The number of carbonyl (C=O) groups excluding carboxylic acids is 2. The van der Waals surface area contributed by atoms with Crippen molar-refractivity contribution >= 4 is 54.6 Å². The van der Waals surface area contributed by atoms with Crippen LogP contribution in [0.1, 0.15) is 180 Å². The molecule has 0 bridgehead atoms. The summed E-state index contributed by atoms with van der Waals surface area (Å²) in [4.78, 5) is 28.7. The highest BCUT2D eigenvalue weighted by Gasteiger charge is 2.30. The number of unbranched alkanes of at least 4 members (excludes halogenated alkanes) is 18. The van der Waals surface area contributed by atoms with E-state index in [-0.39, 0.29) is 29.3 Å². The monoisotopic (exact) mass is 774 g/mol. The fourth-order valence-electron chi connectivity index (χ4n) is 7.18. The Morgan fingerprint density at radius 1 is 0.566 bits per heavy atom. The van der Waals surface area contributed by atoms with Gasteiger partial charge in [-0.2, -0.15) is 0 Å². The molecule has 0 aliphatic heterocycles. The first-order valence-electron chi connectivity index (χ1n) is 20.1. The molecular formula is C44H58F4O3S2. The van der Waals surface area contributed by atoms with Crippen LogP contribution in [0.2, 0.25) is 0 Å². The first-order chi connectivity index (χ1) is 25.6. The molecule has 4 aromatic rings. The van der Waals surface area contributed by atoms with Crippen molar-refractivity contribution in [2.75, 3.05) is 6.61 Å². The number of Topliss-reactive ketones (excluding diaryl/α,β-unsaturated/α-hetero) is 1. The van der Waals surface area contributed by atoms with Crippen molar-refractivity contribution in [2.45, 2.75) is 163 Å². The number of halogens is 4. The molecule has 0 N–H and O–H groups in total. The van der Waals surface area contributed by atoms with Gasteiger partial charge in [0, 0.05) is 42.8 Å². The molecule has 2 aromatic carbocycles. The number of aryl methyl sites for hydroxylation is 1. The topological polar surface area (TPSA) is 43.4 Å². The third kappa shape index (κ3) is 11.4. The Balaban J connectivity index is 1.57. The molecule has 2 aromatic heterocycles. The minimum absolute atomic E-state index is 0.0982. The van der Waals surface area contributed by atoms with Crippen LogP contribution in [0.15, 0.2) is 12.1 Å². The molecule has 0 aliphatic carbocycles. The second-order valence-corrected chi connectivity index (χ2v) is 16.9. The van der Waals surface area contributed by atoms with Gasteiger partial charge in [-0.3, -0.25) is 4.79 Å². The molecule has 0 fully saturated rings. The van der Waals surface area contributed by atoms with E-state index in [4.69, 9.17) is 4.74 Å². The smallest absolute Gasteiger partial charge is 0.340 e. The van der Waals surface area contributed by atoms with Crippen LogP contribution >= 0.6 is 22.7 Å². The van der Waals surface area contributed by atoms with Gasteiger partial charge in [-0.25, -0.2) is 22.4 Å². The molecule has 0 saturated carbocycles. The van der Waals surface area contributed by atoms with Crippen LogP contribution in [-0.2, 0) is 4.74 Å². The van der Waals surface area contributed by atoms with Crippen molar-refractivity contribution in [2.24, 2.45) is 0 Å². The lowest BCUT2D eigenvalue weighted by Gasteiger charge is -2.11. The molecule has 0 radical (unpaired) electrons. The number of carbonyl (C=O) groups is 2. The van der Waals surface area contributed by atoms with Gasteiger partial charge < -0.3 is 4.74 Å². The van der Waals surface area contributed by atoms with Crippen molar-refractivity contribution in [3.63, 3.8) is 0 Å². The van der Waals surface area contributed by atoms with Crippen molar-refractivity contribution < 1.29 is 31.9 Å². The molecule has 4 rings (SSSR count). The summed E-state index contributed by atoms with van der Waals surface area (Å²) in [5.41, 5.74) is -0.993. The Morgan fingerprint density at radius 2 is 1.02 bits per heavy atom. The molecule has 0 spiro atoms. The van der Waals surface area contributed by atoms with E-state index in [0.717, 1.165) is 61.7 Å². The second-order valence-electron chi connectivity index (χ2n) is 14.6. The summed E-state index contributed by atoms with van der Waals surface area (Å²) < 4.78 is 66.9. The highest BCUT2D eigenvalue weighted by molar-refractivity contribution is 7.23. The minimum atomic E-state index is -1.51. The summed E-state index contributed by atoms with van der Waals surface area (Å²) in [6.45, 7) is 7.53. The summed E-state index contributed by atoms with van der Waals surface area (Å²) in [5.74, 6) is -6.66. The van der Waals surface area contributed by atoms with E-state index < -0.39 is 40.4 Å². The molecule has 53 heavy (non-hydrogen) atoms. The predicted molar refractivity (Wildman–Crippen MR) is 215 cm³/mol. The average Bonchev–Trinajstić information content (AvgIpc) is 3.74. The normalized spacial score (nSPS) is 11.7. The third-order valence-electron chi connectivity index (χ3n) is 10.3.